The van der Waals surface area contributed by atoms with Crippen molar-refractivity contribution in [1.29, 1.82) is 0 Å². The topological polar surface area (TPSA) is 37.0 Å². The molecule has 1 aliphatic carbocycles. The number of H-pyrrole nitrogens is 1. The highest BCUT2D eigenvalue weighted by Crippen LogP contribution is 2.21. The smallest absolute Gasteiger partial charge is 0.0586 e. The number of fused-ring (bicyclic) bond motifs is 1. The van der Waals surface area contributed by atoms with Crippen LogP contribution >= 0.6 is 0 Å². The van der Waals surface area contributed by atoms with Crippen molar-refractivity contribution in [2.24, 2.45) is 0 Å². The Morgan fingerprint density at radius 3 is 3.10 bits per heavy atom. The fourth-order valence-electron chi connectivity index (χ4n) is 3.29. The van der Waals surface area contributed by atoms with E-state index in [2.05, 4.69) is 40.8 Å². The van der Waals surface area contributed by atoms with Gasteiger partial charge in [-0.15, -0.1) is 0 Å². The Balaban J connectivity index is 1.52. The molecule has 0 radical (unpaired) electrons. The lowest BCUT2D eigenvalue weighted by molar-refractivity contribution is 0.0590. The monoisotopic (exact) mass is 272 g/mol. The average molecular weight is 272 g/mol. The molecule has 1 aromatic carbocycles. The molecule has 1 aliphatic rings. The SMILES string of the molecule is COC1CCCC(NCCc2c[nH]c3ccccc23)C1. The molecule has 3 heteroatoms. The van der Waals surface area contributed by atoms with Crippen LogP contribution in [0.4, 0.5) is 0 Å². The molecule has 108 valence electrons. The molecule has 3 nitrogen and oxygen atoms in total. The van der Waals surface area contributed by atoms with Gasteiger partial charge in [-0.1, -0.05) is 18.2 Å². The van der Waals surface area contributed by atoms with E-state index in [1.165, 1.54) is 35.7 Å². The van der Waals surface area contributed by atoms with E-state index in [0.29, 0.717) is 12.1 Å². The zero-order valence-corrected chi connectivity index (χ0v) is 12.2. The molecule has 0 saturated heterocycles. The summed E-state index contributed by atoms with van der Waals surface area (Å²) >= 11 is 0. The Hall–Kier alpha value is -1.32. The van der Waals surface area contributed by atoms with E-state index in [-0.39, 0.29) is 0 Å². The van der Waals surface area contributed by atoms with E-state index in [0.717, 1.165) is 19.4 Å². The molecular weight excluding hydrogens is 248 g/mol. The van der Waals surface area contributed by atoms with Crippen LogP contribution in [0.25, 0.3) is 10.9 Å². The van der Waals surface area contributed by atoms with Crippen LogP contribution in [0, 0.1) is 0 Å². The van der Waals surface area contributed by atoms with Crippen LogP contribution in [-0.2, 0) is 11.2 Å². The Labute approximate surface area is 120 Å². The van der Waals surface area contributed by atoms with Crippen LogP contribution in [0.5, 0.6) is 0 Å². The number of nitrogens with one attached hydrogen (secondary N) is 2. The first kappa shape index (κ1) is 13.7. The Morgan fingerprint density at radius 1 is 1.30 bits per heavy atom. The third-order valence-corrected chi connectivity index (χ3v) is 4.46. The molecule has 0 spiro atoms. The minimum absolute atomic E-state index is 0.453. The second-order valence-electron chi connectivity index (χ2n) is 5.78. The number of methoxy groups -OCH3 is 1. The van der Waals surface area contributed by atoms with Gasteiger partial charge in [0.15, 0.2) is 0 Å². The van der Waals surface area contributed by atoms with Crippen LogP contribution in [-0.4, -0.2) is 30.8 Å². The molecule has 2 aromatic rings. The summed E-state index contributed by atoms with van der Waals surface area (Å²) in [5, 5.41) is 5.05. The minimum atomic E-state index is 0.453. The number of rotatable bonds is 5. The van der Waals surface area contributed by atoms with Gasteiger partial charge < -0.3 is 15.0 Å². The van der Waals surface area contributed by atoms with Crippen molar-refractivity contribution < 1.29 is 4.74 Å². The van der Waals surface area contributed by atoms with Gasteiger partial charge in [0.05, 0.1) is 6.10 Å². The van der Waals surface area contributed by atoms with Gasteiger partial charge in [0, 0.05) is 30.3 Å². The maximum absolute atomic E-state index is 5.49. The van der Waals surface area contributed by atoms with Gasteiger partial charge in [0.1, 0.15) is 0 Å². The number of benzene rings is 1. The summed E-state index contributed by atoms with van der Waals surface area (Å²) < 4.78 is 5.49. The van der Waals surface area contributed by atoms with Crippen molar-refractivity contribution in [2.45, 2.75) is 44.2 Å². The maximum Gasteiger partial charge on any atom is 0.0586 e. The van der Waals surface area contributed by atoms with E-state index in [1.807, 2.05) is 7.11 Å². The first-order valence-electron chi connectivity index (χ1n) is 7.68. The van der Waals surface area contributed by atoms with Gasteiger partial charge in [-0.25, -0.2) is 0 Å². The number of hydrogen-bond donors (Lipinski definition) is 2. The minimum Gasteiger partial charge on any atom is -0.381 e. The van der Waals surface area contributed by atoms with Crippen molar-refractivity contribution in [2.75, 3.05) is 13.7 Å². The van der Waals surface area contributed by atoms with E-state index in [9.17, 15) is 0 Å². The average Bonchev–Trinajstić information content (AvgIpc) is 2.91. The number of aromatic amines is 1. The molecule has 20 heavy (non-hydrogen) atoms. The maximum atomic E-state index is 5.49. The van der Waals surface area contributed by atoms with Crippen molar-refractivity contribution >= 4 is 10.9 Å². The quantitative estimate of drug-likeness (QED) is 0.876. The standard InChI is InChI=1S/C17H24N2O/c1-20-15-6-4-5-14(11-15)18-10-9-13-12-19-17-8-3-2-7-16(13)17/h2-3,7-8,12,14-15,18-19H,4-6,9-11H2,1H3. The molecule has 1 aromatic heterocycles. The first-order valence-corrected chi connectivity index (χ1v) is 7.68. The summed E-state index contributed by atoms with van der Waals surface area (Å²) in [5.41, 5.74) is 2.65. The first-order chi connectivity index (χ1) is 9.86. The molecular formula is C17H24N2O. The Kier molecular flexibility index (Phi) is 4.38. The van der Waals surface area contributed by atoms with Crippen LogP contribution < -0.4 is 5.32 Å². The van der Waals surface area contributed by atoms with Gasteiger partial charge in [0.25, 0.3) is 0 Å². The lowest BCUT2D eigenvalue weighted by Crippen LogP contribution is -2.37. The molecule has 1 heterocycles. The Bertz CT molecular complexity index is 549. The van der Waals surface area contributed by atoms with E-state index in [1.54, 1.807) is 0 Å². The largest absolute Gasteiger partial charge is 0.381 e. The molecule has 0 amide bonds. The van der Waals surface area contributed by atoms with Gasteiger partial charge in [-0.05, 0) is 50.3 Å². The van der Waals surface area contributed by atoms with Crippen molar-refractivity contribution in [3.63, 3.8) is 0 Å². The van der Waals surface area contributed by atoms with Gasteiger partial charge in [-0.3, -0.25) is 0 Å². The predicted octanol–water partition coefficient (Wildman–Crippen LogP) is 3.26. The summed E-state index contributed by atoms with van der Waals surface area (Å²) in [6, 6.07) is 9.14. The van der Waals surface area contributed by atoms with E-state index >= 15 is 0 Å². The van der Waals surface area contributed by atoms with Gasteiger partial charge in [-0.2, -0.15) is 0 Å². The van der Waals surface area contributed by atoms with E-state index < -0.39 is 0 Å². The van der Waals surface area contributed by atoms with E-state index in [4.69, 9.17) is 4.74 Å². The zero-order chi connectivity index (χ0) is 13.8. The Morgan fingerprint density at radius 2 is 2.20 bits per heavy atom. The van der Waals surface area contributed by atoms with Crippen LogP contribution in [0.15, 0.2) is 30.5 Å². The lowest BCUT2D eigenvalue weighted by Gasteiger charge is -2.28. The highest BCUT2D eigenvalue weighted by atomic mass is 16.5. The van der Waals surface area contributed by atoms with Gasteiger partial charge >= 0.3 is 0 Å². The molecule has 0 bridgehead atoms. The van der Waals surface area contributed by atoms with Crippen molar-refractivity contribution in [3.8, 4) is 0 Å². The summed E-state index contributed by atoms with van der Waals surface area (Å²) in [7, 11) is 1.83. The molecule has 2 atom stereocenters. The second kappa shape index (κ2) is 6.42. The summed E-state index contributed by atoms with van der Waals surface area (Å²) in [6.45, 7) is 1.04. The molecule has 2 unspecified atom stereocenters. The van der Waals surface area contributed by atoms with Crippen LogP contribution in [0.1, 0.15) is 31.2 Å². The number of aromatic nitrogens is 1. The fourth-order valence-corrected chi connectivity index (χ4v) is 3.29. The number of hydrogen-bond acceptors (Lipinski definition) is 2. The van der Waals surface area contributed by atoms with Crippen molar-refractivity contribution in [3.05, 3.63) is 36.0 Å². The van der Waals surface area contributed by atoms with Crippen LogP contribution in [0.3, 0.4) is 0 Å². The fraction of sp³-hybridized carbons (Fsp3) is 0.529. The van der Waals surface area contributed by atoms with Gasteiger partial charge in [0.2, 0.25) is 0 Å². The normalized spacial score (nSPS) is 23.2. The predicted molar refractivity (Wildman–Crippen MR) is 83.1 cm³/mol. The lowest BCUT2D eigenvalue weighted by atomic mass is 9.93. The molecule has 1 fully saturated rings. The van der Waals surface area contributed by atoms with Crippen LogP contribution in [0.2, 0.25) is 0 Å². The zero-order valence-electron chi connectivity index (χ0n) is 12.2. The third-order valence-electron chi connectivity index (χ3n) is 4.46. The molecule has 3 rings (SSSR count). The number of para-hydroxylation sites is 1. The highest BCUT2D eigenvalue weighted by Gasteiger charge is 2.20. The summed E-state index contributed by atoms with van der Waals surface area (Å²) in [5.74, 6) is 0. The summed E-state index contributed by atoms with van der Waals surface area (Å²) in [4.78, 5) is 3.35. The van der Waals surface area contributed by atoms with Crippen molar-refractivity contribution in [1.82, 2.24) is 10.3 Å². The molecule has 1 saturated carbocycles. The molecule has 0 aliphatic heterocycles. The summed E-state index contributed by atoms with van der Waals surface area (Å²) in [6.07, 6.45) is 8.62. The second-order valence-corrected chi connectivity index (χ2v) is 5.78. The molecule has 2 N–H and O–H groups in total. The number of ether oxygens (including phenoxy) is 1. The third kappa shape index (κ3) is 3.05. The highest BCUT2D eigenvalue weighted by molar-refractivity contribution is 5.83.